The van der Waals surface area contributed by atoms with Crippen LogP contribution >= 0.6 is 11.3 Å². The van der Waals surface area contributed by atoms with E-state index in [1.807, 2.05) is 0 Å². The number of hydrogen-bond acceptors (Lipinski definition) is 4. The SMILES string of the molecule is Cc1cccn(CC(=O)Nc2sccc2C(=O)NC2CC2)c1=O. The second-order valence-corrected chi connectivity index (χ2v) is 6.50. The fourth-order valence-electron chi connectivity index (χ4n) is 2.18. The molecule has 0 saturated heterocycles. The van der Waals surface area contributed by atoms with Crippen molar-refractivity contribution in [2.45, 2.75) is 32.4 Å². The van der Waals surface area contributed by atoms with Crippen molar-refractivity contribution in [3.05, 3.63) is 51.3 Å². The summed E-state index contributed by atoms with van der Waals surface area (Å²) in [7, 11) is 0. The van der Waals surface area contributed by atoms with Crippen LogP contribution in [0.4, 0.5) is 5.00 Å². The van der Waals surface area contributed by atoms with Crippen molar-refractivity contribution in [2.24, 2.45) is 0 Å². The van der Waals surface area contributed by atoms with Gasteiger partial charge in [-0.05, 0) is 37.3 Å². The number of thiophene rings is 1. The molecule has 7 heteroatoms. The van der Waals surface area contributed by atoms with Gasteiger partial charge >= 0.3 is 0 Å². The largest absolute Gasteiger partial charge is 0.349 e. The summed E-state index contributed by atoms with van der Waals surface area (Å²) in [6.45, 7) is 1.62. The third-order valence-corrected chi connectivity index (χ3v) is 4.43. The monoisotopic (exact) mass is 331 g/mol. The highest BCUT2D eigenvalue weighted by atomic mass is 32.1. The van der Waals surface area contributed by atoms with E-state index in [0.717, 1.165) is 12.8 Å². The Hall–Kier alpha value is -2.41. The summed E-state index contributed by atoms with van der Waals surface area (Å²) in [4.78, 5) is 36.2. The fraction of sp³-hybridized carbons (Fsp3) is 0.312. The van der Waals surface area contributed by atoms with E-state index in [2.05, 4.69) is 10.6 Å². The average Bonchev–Trinajstić information content (AvgIpc) is 3.20. The molecular weight excluding hydrogens is 314 g/mol. The Morgan fingerprint density at radius 1 is 1.35 bits per heavy atom. The lowest BCUT2D eigenvalue weighted by atomic mass is 10.3. The highest BCUT2D eigenvalue weighted by molar-refractivity contribution is 7.14. The Bertz CT molecular complexity index is 805. The summed E-state index contributed by atoms with van der Waals surface area (Å²) < 4.78 is 1.35. The Balaban J connectivity index is 1.68. The second kappa shape index (κ2) is 6.37. The molecule has 1 fully saturated rings. The lowest BCUT2D eigenvalue weighted by Gasteiger charge is -2.09. The van der Waals surface area contributed by atoms with Crippen molar-refractivity contribution in [2.75, 3.05) is 5.32 Å². The summed E-state index contributed by atoms with van der Waals surface area (Å²) in [5.74, 6) is -0.502. The van der Waals surface area contributed by atoms with Gasteiger partial charge in [-0.25, -0.2) is 0 Å². The van der Waals surface area contributed by atoms with E-state index in [-0.39, 0.29) is 30.0 Å². The van der Waals surface area contributed by atoms with Crippen LogP contribution in [-0.4, -0.2) is 22.4 Å². The molecule has 2 N–H and O–H groups in total. The number of hydrogen-bond donors (Lipinski definition) is 2. The highest BCUT2D eigenvalue weighted by Gasteiger charge is 2.25. The van der Waals surface area contributed by atoms with Crippen LogP contribution in [0.2, 0.25) is 0 Å². The molecule has 3 rings (SSSR count). The molecule has 1 aliphatic carbocycles. The van der Waals surface area contributed by atoms with Gasteiger partial charge in [0, 0.05) is 17.8 Å². The second-order valence-electron chi connectivity index (χ2n) is 5.58. The first-order valence-corrected chi connectivity index (χ1v) is 8.27. The van der Waals surface area contributed by atoms with Crippen molar-refractivity contribution in [3.8, 4) is 0 Å². The van der Waals surface area contributed by atoms with E-state index >= 15 is 0 Å². The van der Waals surface area contributed by atoms with Crippen LogP contribution in [0.25, 0.3) is 0 Å². The van der Waals surface area contributed by atoms with Crippen molar-refractivity contribution >= 4 is 28.2 Å². The van der Waals surface area contributed by atoms with E-state index < -0.39 is 0 Å². The first-order chi connectivity index (χ1) is 11.0. The molecule has 120 valence electrons. The van der Waals surface area contributed by atoms with Gasteiger partial charge in [0.1, 0.15) is 11.5 Å². The quantitative estimate of drug-likeness (QED) is 0.876. The number of aromatic nitrogens is 1. The molecule has 2 heterocycles. The van der Waals surface area contributed by atoms with E-state index in [9.17, 15) is 14.4 Å². The summed E-state index contributed by atoms with van der Waals surface area (Å²) in [6.07, 6.45) is 3.59. The van der Waals surface area contributed by atoms with Gasteiger partial charge in [-0.2, -0.15) is 0 Å². The molecule has 0 aliphatic heterocycles. The molecule has 0 radical (unpaired) electrons. The summed E-state index contributed by atoms with van der Waals surface area (Å²) in [5, 5.41) is 7.89. The van der Waals surface area contributed by atoms with Crippen LogP contribution < -0.4 is 16.2 Å². The zero-order valence-electron chi connectivity index (χ0n) is 12.7. The van der Waals surface area contributed by atoms with Gasteiger partial charge in [0.15, 0.2) is 0 Å². The Labute approximate surface area is 137 Å². The topological polar surface area (TPSA) is 80.2 Å². The zero-order chi connectivity index (χ0) is 16.4. The fourth-order valence-corrected chi connectivity index (χ4v) is 2.98. The smallest absolute Gasteiger partial charge is 0.254 e. The predicted molar refractivity (Wildman–Crippen MR) is 88.9 cm³/mol. The van der Waals surface area contributed by atoms with Gasteiger partial charge in [-0.15, -0.1) is 11.3 Å². The molecule has 2 amide bonds. The number of rotatable bonds is 5. The van der Waals surface area contributed by atoms with Crippen molar-refractivity contribution in [1.29, 1.82) is 0 Å². The number of aryl methyl sites for hydroxylation is 1. The van der Waals surface area contributed by atoms with E-state index in [1.165, 1.54) is 15.9 Å². The van der Waals surface area contributed by atoms with E-state index in [1.54, 1.807) is 36.7 Å². The van der Waals surface area contributed by atoms with Gasteiger partial charge in [-0.3, -0.25) is 14.4 Å². The van der Waals surface area contributed by atoms with Crippen LogP contribution in [0.3, 0.4) is 0 Å². The van der Waals surface area contributed by atoms with Crippen LogP contribution in [0.5, 0.6) is 0 Å². The lowest BCUT2D eigenvalue weighted by molar-refractivity contribution is -0.116. The first-order valence-electron chi connectivity index (χ1n) is 7.39. The molecule has 1 saturated carbocycles. The average molecular weight is 331 g/mol. The van der Waals surface area contributed by atoms with E-state index in [4.69, 9.17) is 0 Å². The molecule has 0 aromatic carbocycles. The molecule has 2 aromatic rings. The van der Waals surface area contributed by atoms with Crippen LogP contribution in [0.15, 0.2) is 34.6 Å². The third-order valence-electron chi connectivity index (χ3n) is 3.60. The molecule has 0 bridgehead atoms. The standard InChI is InChI=1S/C16H17N3O3S/c1-10-3-2-7-19(16(10)22)9-13(20)18-15-12(6-8-23-15)14(21)17-11-4-5-11/h2-3,6-8,11H,4-5,9H2,1H3,(H,17,21)(H,18,20). The molecular formula is C16H17N3O3S. The summed E-state index contributed by atoms with van der Waals surface area (Å²) in [6, 6.07) is 5.38. The first kappa shape index (κ1) is 15.5. The Kier molecular flexibility index (Phi) is 4.29. The minimum absolute atomic E-state index is 0.0813. The maximum atomic E-state index is 12.2. The predicted octanol–water partition coefficient (Wildman–Crippen LogP) is 1.75. The van der Waals surface area contributed by atoms with E-state index in [0.29, 0.717) is 16.1 Å². The minimum Gasteiger partial charge on any atom is -0.349 e. The maximum Gasteiger partial charge on any atom is 0.254 e. The maximum absolute atomic E-state index is 12.2. The highest BCUT2D eigenvalue weighted by Crippen LogP contribution is 2.25. The van der Waals surface area contributed by atoms with Gasteiger partial charge < -0.3 is 15.2 Å². The zero-order valence-corrected chi connectivity index (χ0v) is 13.5. The van der Waals surface area contributed by atoms with Crippen LogP contribution in [-0.2, 0) is 11.3 Å². The molecule has 0 atom stereocenters. The van der Waals surface area contributed by atoms with Crippen molar-refractivity contribution < 1.29 is 9.59 Å². The number of carbonyl (C=O) groups excluding carboxylic acids is 2. The Morgan fingerprint density at radius 3 is 2.87 bits per heavy atom. The normalized spacial score (nSPS) is 13.6. The number of nitrogens with zero attached hydrogens (tertiary/aromatic N) is 1. The van der Waals surface area contributed by atoms with Crippen molar-refractivity contribution in [3.63, 3.8) is 0 Å². The lowest BCUT2D eigenvalue weighted by Crippen LogP contribution is -2.29. The molecule has 0 spiro atoms. The molecule has 23 heavy (non-hydrogen) atoms. The summed E-state index contributed by atoms with van der Waals surface area (Å²) in [5.41, 5.74) is 0.855. The number of amides is 2. The Morgan fingerprint density at radius 2 is 2.13 bits per heavy atom. The van der Waals surface area contributed by atoms with Gasteiger partial charge in [0.2, 0.25) is 5.91 Å². The number of nitrogens with one attached hydrogen (secondary N) is 2. The minimum atomic E-state index is -0.333. The van der Waals surface area contributed by atoms with Gasteiger partial charge in [0.05, 0.1) is 5.56 Å². The third kappa shape index (κ3) is 3.68. The number of pyridine rings is 1. The molecule has 1 aliphatic rings. The molecule has 2 aromatic heterocycles. The summed E-state index contributed by atoms with van der Waals surface area (Å²) >= 11 is 1.29. The number of anilines is 1. The number of carbonyl (C=O) groups is 2. The van der Waals surface area contributed by atoms with Crippen LogP contribution in [0, 0.1) is 6.92 Å². The van der Waals surface area contributed by atoms with Gasteiger partial charge in [-0.1, -0.05) is 6.07 Å². The molecule has 0 unspecified atom stereocenters. The van der Waals surface area contributed by atoms with Gasteiger partial charge in [0.25, 0.3) is 11.5 Å². The van der Waals surface area contributed by atoms with Crippen LogP contribution in [0.1, 0.15) is 28.8 Å². The molecule has 6 nitrogen and oxygen atoms in total. The van der Waals surface area contributed by atoms with Crippen molar-refractivity contribution in [1.82, 2.24) is 9.88 Å².